The highest BCUT2D eigenvalue weighted by atomic mass is 32.1. The molecule has 9 nitrogen and oxygen atoms in total. The molecular formula is C20H22N6O3S3. The van der Waals surface area contributed by atoms with Crippen LogP contribution in [0.15, 0.2) is 16.1 Å². The lowest BCUT2D eigenvalue weighted by atomic mass is 10.1. The van der Waals surface area contributed by atoms with Crippen molar-refractivity contribution in [1.82, 2.24) is 30.9 Å². The Labute approximate surface area is 196 Å². The van der Waals surface area contributed by atoms with Crippen LogP contribution in [0.4, 0.5) is 0 Å². The molecule has 0 aromatic carbocycles. The molecule has 168 valence electrons. The maximum Gasteiger partial charge on any atom is 0.271 e. The highest BCUT2D eigenvalue weighted by Crippen LogP contribution is 2.27. The standard InChI is InChI=1S/C20H22N6O3S3/c1-8(2)14-20-25-12(7-32-20)16(28)22-9(3)18-23-11(5-30-18)15(27)21-10(4)19-24-13(6-31-19)17(29)26-14/h5-10,14H,1-4H3,(H,21,27)(H,22,28)(H,26,29)/t9-,10-,14-/m0/s1. The van der Waals surface area contributed by atoms with Crippen molar-refractivity contribution in [3.05, 3.63) is 48.2 Å². The third kappa shape index (κ3) is 4.57. The number of hydrogen-bond donors (Lipinski definition) is 3. The Bertz CT molecular complexity index is 1170. The summed E-state index contributed by atoms with van der Waals surface area (Å²) in [5.74, 6) is -0.959. The van der Waals surface area contributed by atoms with E-state index in [-0.39, 0.29) is 46.8 Å². The molecule has 0 unspecified atom stereocenters. The third-order valence-corrected chi connectivity index (χ3v) is 7.90. The molecule has 0 radical (unpaired) electrons. The van der Waals surface area contributed by atoms with Crippen LogP contribution in [0.3, 0.4) is 0 Å². The second-order valence-corrected chi connectivity index (χ2v) is 10.5. The van der Waals surface area contributed by atoms with Gasteiger partial charge >= 0.3 is 0 Å². The Balaban J connectivity index is 1.72. The average molecular weight is 491 g/mol. The molecule has 4 heterocycles. The van der Waals surface area contributed by atoms with Crippen LogP contribution in [0.25, 0.3) is 0 Å². The Morgan fingerprint density at radius 2 is 1.06 bits per heavy atom. The first-order valence-corrected chi connectivity index (χ1v) is 12.7. The molecule has 1 aliphatic heterocycles. The van der Waals surface area contributed by atoms with Crippen LogP contribution in [0, 0.1) is 5.92 Å². The van der Waals surface area contributed by atoms with E-state index in [2.05, 4.69) is 30.9 Å². The summed E-state index contributed by atoms with van der Waals surface area (Å²) in [4.78, 5) is 51.5. The predicted octanol–water partition coefficient (Wildman–Crippen LogP) is 3.48. The molecule has 6 bridgehead atoms. The van der Waals surface area contributed by atoms with Crippen LogP contribution in [-0.2, 0) is 0 Å². The fourth-order valence-electron chi connectivity index (χ4n) is 3.11. The molecule has 3 aromatic heterocycles. The second-order valence-electron chi connectivity index (χ2n) is 7.80. The van der Waals surface area contributed by atoms with E-state index in [1.807, 2.05) is 13.8 Å². The molecule has 3 atom stereocenters. The number of nitrogens with zero attached hydrogens (tertiary/aromatic N) is 3. The van der Waals surface area contributed by atoms with Crippen molar-refractivity contribution in [2.75, 3.05) is 0 Å². The lowest BCUT2D eigenvalue weighted by molar-refractivity contribution is 0.0919. The van der Waals surface area contributed by atoms with Gasteiger partial charge in [0.05, 0.1) is 18.1 Å². The minimum absolute atomic E-state index is 0.0515. The molecule has 3 aromatic rings. The molecule has 1 aliphatic rings. The van der Waals surface area contributed by atoms with Crippen LogP contribution in [-0.4, -0.2) is 32.7 Å². The predicted molar refractivity (Wildman–Crippen MR) is 123 cm³/mol. The van der Waals surface area contributed by atoms with E-state index in [1.165, 1.54) is 34.0 Å². The summed E-state index contributed by atoms with van der Waals surface area (Å²) >= 11 is 3.94. The summed E-state index contributed by atoms with van der Waals surface area (Å²) in [5, 5.41) is 15.6. The van der Waals surface area contributed by atoms with Gasteiger partial charge in [0.15, 0.2) is 0 Å². The Hall–Kier alpha value is -2.70. The lowest BCUT2D eigenvalue weighted by Crippen LogP contribution is -2.32. The first kappa shape index (κ1) is 22.5. The van der Waals surface area contributed by atoms with Crippen LogP contribution in [0.1, 0.15) is 92.3 Å². The minimum atomic E-state index is -0.391. The molecule has 0 aliphatic carbocycles. The van der Waals surface area contributed by atoms with Crippen molar-refractivity contribution < 1.29 is 14.4 Å². The monoisotopic (exact) mass is 490 g/mol. The number of aromatic nitrogens is 3. The number of rotatable bonds is 1. The zero-order valence-corrected chi connectivity index (χ0v) is 20.3. The third-order valence-electron chi connectivity index (χ3n) is 4.92. The average Bonchev–Trinajstić information content (AvgIpc) is 3.51. The van der Waals surface area contributed by atoms with Gasteiger partial charge in [-0.25, -0.2) is 15.0 Å². The summed E-state index contributed by atoms with van der Waals surface area (Å²) in [7, 11) is 0. The highest BCUT2D eigenvalue weighted by Gasteiger charge is 2.27. The highest BCUT2D eigenvalue weighted by molar-refractivity contribution is 7.10. The van der Waals surface area contributed by atoms with E-state index in [0.717, 1.165) is 0 Å². The Kier molecular flexibility index (Phi) is 6.35. The lowest BCUT2D eigenvalue weighted by Gasteiger charge is -2.19. The zero-order valence-electron chi connectivity index (χ0n) is 17.8. The number of thiazole rings is 3. The van der Waals surface area contributed by atoms with Gasteiger partial charge in [0.2, 0.25) is 0 Å². The second kappa shape index (κ2) is 9.04. The SMILES string of the molecule is CC(C)[C@@H]1NC(=O)c2csc(n2)[C@H](C)NC(=O)c2csc(n2)[C@H](C)NC(=O)c2csc1n2. The quantitative estimate of drug-likeness (QED) is 0.479. The topological polar surface area (TPSA) is 126 Å². The molecule has 0 spiro atoms. The minimum Gasteiger partial charge on any atom is -0.342 e. The maximum atomic E-state index is 12.9. The molecule has 0 fully saturated rings. The summed E-state index contributed by atoms with van der Waals surface area (Å²) in [5.41, 5.74) is 0.818. The van der Waals surface area contributed by atoms with Crippen molar-refractivity contribution in [1.29, 1.82) is 0 Å². The van der Waals surface area contributed by atoms with Crippen molar-refractivity contribution >= 4 is 51.7 Å². The van der Waals surface area contributed by atoms with Gasteiger partial charge in [-0.2, -0.15) is 0 Å². The smallest absolute Gasteiger partial charge is 0.271 e. The summed E-state index contributed by atoms with van der Waals surface area (Å²) < 4.78 is 0. The maximum absolute atomic E-state index is 12.9. The van der Waals surface area contributed by atoms with Crippen LogP contribution >= 0.6 is 34.0 Å². The van der Waals surface area contributed by atoms with Crippen LogP contribution < -0.4 is 16.0 Å². The van der Waals surface area contributed by atoms with Crippen molar-refractivity contribution in [2.24, 2.45) is 5.92 Å². The van der Waals surface area contributed by atoms with E-state index >= 15 is 0 Å². The van der Waals surface area contributed by atoms with Gasteiger partial charge < -0.3 is 16.0 Å². The zero-order chi connectivity index (χ0) is 23.0. The van der Waals surface area contributed by atoms with E-state index in [4.69, 9.17) is 0 Å². The first-order chi connectivity index (χ1) is 15.2. The van der Waals surface area contributed by atoms with Gasteiger partial charge in [0, 0.05) is 16.1 Å². The number of fused-ring (bicyclic) bond motifs is 6. The summed E-state index contributed by atoms with van der Waals surface area (Å²) in [6.45, 7) is 7.57. The van der Waals surface area contributed by atoms with Gasteiger partial charge in [-0.1, -0.05) is 13.8 Å². The summed E-state index contributed by atoms with van der Waals surface area (Å²) in [6, 6.07) is -1.15. The Morgan fingerprint density at radius 1 is 0.688 bits per heavy atom. The molecule has 3 N–H and O–H groups in total. The fraction of sp³-hybridized carbons (Fsp3) is 0.400. The summed E-state index contributed by atoms with van der Waals surface area (Å²) in [6.07, 6.45) is 0. The van der Waals surface area contributed by atoms with Crippen molar-refractivity contribution in [3.63, 3.8) is 0 Å². The van der Waals surface area contributed by atoms with E-state index in [9.17, 15) is 14.4 Å². The van der Waals surface area contributed by atoms with Gasteiger partial charge in [0.25, 0.3) is 17.7 Å². The molecule has 0 saturated carbocycles. The molecule has 32 heavy (non-hydrogen) atoms. The Morgan fingerprint density at radius 3 is 1.50 bits per heavy atom. The van der Waals surface area contributed by atoms with Crippen LogP contribution in [0.2, 0.25) is 0 Å². The van der Waals surface area contributed by atoms with Gasteiger partial charge in [-0.15, -0.1) is 34.0 Å². The molecule has 0 saturated heterocycles. The molecule has 4 rings (SSSR count). The largest absolute Gasteiger partial charge is 0.342 e. The number of hydrogen-bond acceptors (Lipinski definition) is 9. The van der Waals surface area contributed by atoms with Crippen molar-refractivity contribution in [3.8, 4) is 0 Å². The first-order valence-electron chi connectivity index (χ1n) is 10.0. The normalized spacial score (nSPS) is 22.0. The van der Waals surface area contributed by atoms with Gasteiger partial charge in [0.1, 0.15) is 32.1 Å². The number of nitrogens with one attached hydrogen (secondary N) is 3. The van der Waals surface area contributed by atoms with E-state index in [0.29, 0.717) is 15.0 Å². The fourth-order valence-corrected chi connectivity index (χ4v) is 5.74. The number of carbonyl (C=O) groups excluding carboxylic acids is 3. The van der Waals surface area contributed by atoms with E-state index < -0.39 is 12.1 Å². The van der Waals surface area contributed by atoms with E-state index in [1.54, 1.807) is 30.0 Å². The molecule has 12 heteroatoms. The number of amides is 3. The molecular weight excluding hydrogens is 468 g/mol. The number of carbonyl (C=O) groups is 3. The van der Waals surface area contributed by atoms with Gasteiger partial charge in [-0.3, -0.25) is 14.4 Å². The van der Waals surface area contributed by atoms with Crippen molar-refractivity contribution in [2.45, 2.75) is 45.8 Å². The van der Waals surface area contributed by atoms with Crippen LogP contribution in [0.5, 0.6) is 0 Å². The van der Waals surface area contributed by atoms with Gasteiger partial charge in [-0.05, 0) is 19.8 Å². The molecule has 3 amide bonds.